The van der Waals surface area contributed by atoms with Gasteiger partial charge in [-0.15, -0.1) is 0 Å². The first-order valence-electron chi connectivity index (χ1n) is 6.77. The molecule has 0 aliphatic heterocycles. The Kier molecular flexibility index (Phi) is 4.76. The molecule has 1 aliphatic carbocycles. The normalized spacial score (nSPS) is 16.7. The summed E-state index contributed by atoms with van der Waals surface area (Å²) in [6, 6.07) is 7.74. The van der Waals surface area contributed by atoms with E-state index in [2.05, 4.69) is 0 Å². The quantitative estimate of drug-likeness (QED) is 0.619. The molecule has 98 valence electrons. The van der Waals surface area contributed by atoms with Crippen molar-refractivity contribution < 1.29 is 4.74 Å². The highest BCUT2D eigenvalue weighted by atomic mass is 16.5. The molecule has 0 atom stereocenters. The minimum atomic E-state index is 0.115. The van der Waals surface area contributed by atoms with Gasteiger partial charge in [-0.05, 0) is 30.4 Å². The minimum Gasteiger partial charge on any atom is -0.384 e. The molecule has 0 radical (unpaired) electrons. The van der Waals surface area contributed by atoms with Crippen molar-refractivity contribution in [3.05, 3.63) is 35.4 Å². The van der Waals surface area contributed by atoms with Crippen LogP contribution in [-0.4, -0.2) is 12.4 Å². The molecule has 18 heavy (non-hydrogen) atoms. The van der Waals surface area contributed by atoms with Crippen LogP contribution in [0.15, 0.2) is 24.3 Å². The molecule has 3 N–H and O–H groups in total. The summed E-state index contributed by atoms with van der Waals surface area (Å²) in [5.41, 5.74) is 7.34. The lowest BCUT2D eigenvalue weighted by Gasteiger charge is -2.21. The van der Waals surface area contributed by atoms with Crippen LogP contribution in [0.25, 0.3) is 0 Å². The van der Waals surface area contributed by atoms with E-state index in [9.17, 15) is 0 Å². The highest BCUT2D eigenvalue weighted by Gasteiger charge is 2.13. The van der Waals surface area contributed by atoms with Crippen LogP contribution < -0.4 is 5.73 Å². The van der Waals surface area contributed by atoms with Gasteiger partial charge in [-0.1, -0.05) is 37.5 Å². The molecule has 0 aromatic heterocycles. The van der Waals surface area contributed by atoms with Gasteiger partial charge in [0.15, 0.2) is 0 Å². The van der Waals surface area contributed by atoms with Gasteiger partial charge in [-0.3, -0.25) is 5.41 Å². The Hall–Kier alpha value is -1.35. The maximum absolute atomic E-state index is 7.41. The van der Waals surface area contributed by atoms with E-state index in [0.29, 0.717) is 6.61 Å². The third-order valence-electron chi connectivity index (χ3n) is 3.59. The molecule has 1 aromatic rings. The van der Waals surface area contributed by atoms with E-state index in [4.69, 9.17) is 15.9 Å². The van der Waals surface area contributed by atoms with Crippen LogP contribution in [0.2, 0.25) is 0 Å². The van der Waals surface area contributed by atoms with Gasteiger partial charge in [-0.2, -0.15) is 0 Å². The Bertz CT molecular complexity index is 397. The topological polar surface area (TPSA) is 59.1 Å². The zero-order chi connectivity index (χ0) is 12.8. The summed E-state index contributed by atoms with van der Waals surface area (Å²) in [7, 11) is 0. The number of rotatable bonds is 5. The van der Waals surface area contributed by atoms with Crippen LogP contribution in [0.5, 0.6) is 0 Å². The summed E-state index contributed by atoms with van der Waals surface area (Å²) in [4.78, 5) is 0. The number of nitrogens with one attached hydrogen (secondary N) is 1. The largest absolute Gasteiger partial charge is 0.384 e. The Labute approximate surface area is 109 Å². The van der Waals surface area contributed by atoms with Gasteiger partial charge in [0.2, 0.25) is 0 Å². The highest BCUT2D eigenvalue weighted by molar-refractivity contribution is 5.95. The smallest absolute Gasteiger partial charge is 0.122 e. The Morgan fingerprint density at radius 1 is 1.28 bits per heavy atom. The van der Waals surface area contributed by atoms with Crippen molar-refractivity contribution in [1.82, 2.24) is 0 Å². The molecule has 1 aromatic carbocycles. The average Bonchev–Trinajstić information content (AvgIpc) is 2.40. The van der Waals surface area contributed by atoms with Crippen LogP contribution in [0.4, 0.5) is 0 Å². The molecular formula is C15H22N2O. The van der Waals surface area contributed by atoms with E-state index in [0.717, 1.165) is 23.7 Å². The number of benzene rings is 1. The van der Waals surface area contributed by atoms with Gasteiger partial charge in [0, 0.05) is 12.2 Å². The second-order valence-corrected chi connectivity index (χ2v) is 5.13. The first-order valence-corrected chi connectivity index (χ1v) is 6.77. The Morgan fingerprint density at radius 2 is 2.06 bits per heavy atom. The number of amidine groups is 1. The molecule has 1 fully saturated rings. The van der Waals surface area contributed by atoms with Crippen molar-refractivity contribution >= 4 is 5.84 Å². The number of nitrogens with two attached hydrogens (primary N) is 1. The van der Waals surface area contributed by atoms with Gasteiger partial charge in [0.05, 0.1) is 6.61 Å². The third kappa shape index (κ3) is 3.84. The summed E-state index contributed by atoms with van der Waals surface area (Å²) in [6.45, 7) is 1.49. The number of hydrogen-bond acceptors (Lipinski definition) is 2. The lowest BCUT2D eigenvalue weighted by atomic mass is 9.90. The predicted molar refractivity (Wildman–Crippen MR) is 73.7 cm³/mol. The van der Waals surface area contributed by atoms with Crippen molar-refractivity contribution in [1.29, 1.82) is 5.41 Å². The van der Waals surface area contributed by atoms with Crippen molar-refractivity contribution in [2.75, 3.05) is 6.61 Å². The molecule has 0 heterocycles. The minimum absolute atomic E-state index is 0.115. The molecule has 0 spiro atoms. The van der Waals surface area contributed by atoms with E-state index >= 15 is 0 Å². The molecular weight excluding hydrogens is 224 g/mol. The van der Waals surface area contributed by atoms with Gasteiger partial charge < -0.3 is 10.5 Å². The van der Waals surface area contributed by atoms with Crippen LogP contribution in [0, 0.1) is 11.3 Å². The van der Waals surface area contributed by atoms with E-state index in [1.54, 1.807) is 0 Å². The standard InChI is InChI=1S/C15H22N2O/c16-15(17)14-8-4-7-13(9-14)11-18-10-12-5-2-1-3-6-12/h4,7-9,12H,1-3,5-6,10-11H2,(H3,16,17). The van der Waals surface area contributed by atoms with E-state index in [1.165, 1.54) is 32.1 Å². The summed E-state index contributed by atoms with van der Waals surface area (Å²) in [6.07, 6.45) is 6.72. The average molecular weight is 246 g/mol. The fraction of sp³-hybridized carbons (Fsp3) is 0.533. The molecule has 0 bridgehead atoms. The SMILES string of the molecule is N=C(N)c1cccc(COCC2CCCCC2)c1. The van der Waals surface area contributed by atoms with Crippen LogP contribution in [-0.2, 0) is 11.3 Å². The second-order valence-electron chi connectivity index (χ2n) is 5.13. The molecule has 1 aliphatic rings. The molecule has 1 saturated carbocycles. The van der Waals surface area contributed by atoms with E-state index < -0.39 is 0 Å². The maximum atomic E-state index is 7.41. The number of hydrogen-bond donors (Lipinski definition) is 2. The van der Waals surface area contributed by atoms with Crippen molar-refractivity contribution in [2.45, 2.75) is 38.7 Å². The first kappa shape index (κ1) is 13.1. The second kappa shape index (κ2) is 6.55. The van der Waals surface area contributed by atoms with E-state index in [1.807, 2.05) is 24.3 Å². The summed E-state index contributed by atoms with van der Waals surface area (Å²) in [5, 5.41) is 7.41. The maximum Gasteiger partial charge on any atom is 0.122 e. The zero-order valence-electron chi connectivity index (χ0n) is 10.8. The van der Waals surface area contributed by atoms with Gasteiger partial charge in [0.25, 0.3) is 0 Å². The molecule has 0 unspecified atom stereocenters. The van der Waals surface area contributed by atoms with Crippen molar-refractivity contribution in [3.8, 4) is 0 Å². The van der Waals surface area contributed by atoms with E-state index in [-0.39, 0.29) is 5.84 Å². The Balaban J connectivity index is 1.78. The summed E-state index contributed by atoms with van der Waals surface area (Å²) >= 11 is 0. The summed E-state index contributed by atoms with van der Waals surface area (Å²) < 4.78 is 5.78. The van der Waals surface area contributed by atoms with Crippen LogP contribution in [0.3, 0.4) is 0 Å². The van der Waals surface area contributed by atoms with Gasteiger partial charge in [-0.25, -0.2) is 0 Å². The molecule has 0 saturated heterocycles. The van der Waals surface area contributed by atoms with Crippen LogP contribution >= 0.6 is 0 Å². The number of ether oxygens (including phenoxy) is 1. The monoisotopic (exact) mass is 246 g/mol. The molecule has 2 rings (SSSR count). The van der Waals surface area contributed by atoms with Crippen molar-refractivity contribution in [3.63, 3.8) is 0 Å². The number of nitrogen functional groups attached to an aromatic ring is 1. The molecule has 0 amide bonds. The lowest BCUT2D eigenvalue weighted by molar-refractivity contribution is 0.0739. The lowest BCUT2D eigenvalue weighted by Crippen LogP contribution is -2.14. The zero-order valence-corrected chi connectivity index (χ0v) is 10.8. The highest BCUT2D eigenvalue weighted by Crippen LogP contribution is 2.23. The Morgan fingerprint density at radius 3 is 2.78 bits per heavy atom. The van der Waals surface area contributed by atoms with Crippen molar-refractivity contribution in [2.24, 2.45) is 11.7 Å². The summed E-state index contributed by atoms with van der Waals surface area (Å²) in [5.74, 6) is 0.860. The van der Waals surface area contributed by atoms with Gasteiger partial charge >= 0.3 is 0 Å². The fourth-order valence-corrected chi connectivity index (χ4v) is 2.53. The van der Waals surface area contributed by atoms with Crippen LogP contribution in [0.1, 0.15) is 43.2 Å². The molecule has 3 heteroatoms. The predicted octanol–water partition coefficient (Wildman–Crippen LogP) is 3.07. The fourth-order valence-electron chi connectivity index (χ4n) is 2.53. The first-order chi connectivity index (χ1) is 8.75. The molecule has 3 nitrogen and oxygen atoms in total. The third-order valence-corrected chi connectivity index (χ3v) is 3.59. The van der Waals surface area contributed by atoms with Gasteiger partial charge in [0.1, 0.15) is 5.84 Å².